The van der Waals surface area contributed by atoms with Crippen LogP contribution in [0.1, 0.15) is 5.56 Å². The minimum absolute atomic E-state index is 0.0637. The first kappa shape index (κ1) is 17.9. The van der Waals surface area contributed by atoms with E-state index in [4.69, 9.17) is 0 Å². The maximum Gasteiger partial charge on any atom is 0.258 e. The molecule has 0 amide bonds. The van der Waals surface area contributed by atoms with Gasteiger partial charge in [-0.25, -0.2) is 13.2 Å². The molecule has 0 radical (unpaired) electrons. The average molecular weight is 381 g/mol. The average Bonchev–Trinajstić information content (AvgIpc) is 2.68. The lowest BCUT2D eigenvalue weighted by molar-refractivity contribution is 0.447. The summed E-state index contributed by atoms with van der Waals surface area (Å²) in [6.45, 7) is 0.246. The van der Waals surface area contributed by atoms with Crippen LogP contribution in [-0.2, 0) is 6.54 Å². The van der Waals surface area contributed by atoms with Gasteiger partial charge in [0.25, 0.3) is 5.56 Å². The van der Waals surface area contributed by atoms with Crippen molar-refractivity contribution < 1.29 is 18.3 Å². The molecular weight excluding hydrogens is 367 g/mol. The second kappa shape index (κ2) is 6.88. The Morgan fingerprint density at radius 1 is 0.857 bits per heavy atom. The van der Waals surface area contributed by atoms with E-state index in [0.717, 1.165) is 17.7 Å². The molecule has 0 fully saturated rings. The molecule has 4 rings (SSSR count). The Balaban J connectivity index is 2.00. The summed E-state index contributed by atoms with van der Waals surface area (Å²) in [5, 5.41) is 10.4. The second-order valence-electron chi connectivity index (χ2n) is 6.45. The van der Waals surface area contributed by atoms with Crippen LogP contribution in [-0.4, -0.2) is 9.67 Å². The number of phenolic OH excluding ortho intramolecular Hbond substituents is 1. The Morgan fingerprint density at radius 2 is 1.54 bits per heavy atom. The van der Waals surface area contributed by atoms with Crippen molar-refractivity contribution in [1.29, 1.82) is 0 Å². The van der Waals surface area contributed by atoms with Gasteiger partial charge in [0.1, 0.15) is 5.75 Å². The molecule has 0 unspecified atom stereocenters. The van der Waals surface area contributed by atoms with E-state index < -0.39 is 17.5 Å². The molecule has 1 heterocycles. The fourth-order valence-electron chi connectivity index (χ4n) is 3.22. The van der Waals surface area contributed by atoms with Crippen molar-refractivity contribution in [3.63, 3.8) is 0 Å². The number of pyridine rings is 1. The topological polar surface area (TPSA) is 42.2 Å². The summed E-state index contributed by atoms with van der Waals surface area (Å²) >= 11 is 0. The van der Waals surface area contributed by atoms with Gasteiger partial charge in [0.15, 0.2) is 17.5 Å². The van der Waals surface area contributed by atoms with E-state index in [9.17, 15) is 23.1 Å². The van der Waals surface area contributed by atoms with Crippen molar-refractivity contribution in [3.05, 3.63) is 100 Å². The van der Waals surface area contributed by atoms with Crippen LogP contribution < -0.4 is 5.56 Å². The summed E-state index contributed by atoms with van der Waals surface area (Å²) in [6.07, 6.45) is 1.46. The van der Waals surface area contributed by atoms with Gasteiger partial charge < -0.3 is 9.67 Å². The van der Waals surface area contributed by atoms with Crippen LogP contribution >= 0.6 is 0 Å². The predicted molar refractivity (Wildman–Crippen MR) is 101 cm³/mol. The number of rotatable bonds is 3. The van der Waals surface area contributed by atoms with Gasteiger partial charge in [-0.3, -0.25) is 4.79 Å². The molecule has 0 saturated carbocycles. The normalized spacial score (nSPS) is 11.1. The summed E-state index contributed by atoms with van der Waals surface area (Å²) in [5.74, 6) is -4.32. The first-order valence-electron chi connectivity index (χ1n) is 8.49. The zero-order valence-corrected chi connectivity index (χ0v) is 14.5. The molecular formula is C22H14F3NO2. The Kier molecular flexibility index (Phi) is 4.39. The number of aromatic nitrogens is 1. The summed E-state index contributed by atoms with van der Waals surface area (Å²) in [5.41, 5.74) is 0.920. The highest BCUT2D eigenvalue weighted by Crippen LogP contribution is 2.31. The van der Waals surface area contributed by atoms with Gasteiger partial charge in [-0.05, 0) is 41.5 Å². The van der Waals surface area contributed by atoms with Gasteiger partial charge in [0.2, 0.25) is 0 Å². The predicted octanol–water partition coefficient (Wildman–Crippen LogP) is 4.84. The minimum Gasteiger partial charge on any atom is -0.508 e. The van der Waals surface area contributed by atoms with Gasteiger partial charge in [-0.2, -0.15) is 0 Å². The highest BCUT2D eigenvalue weighted by molar-refractivity contribution is 5.96. The smallest absolute Gasteiger partial charge is 0.258 e. The van der Waals surface area contributed by atoms with Crippen molar-refractivity contribution in [2.45, 2.75) is 6.54 Å². The lowest BCUT2D eigenvalue weighted by Gasteiger charge is -2.14. The van der Waals surface area contributed by atoms with Crippen molar-refractivity contribution in [2.24, 2.45) is 0 Å². The van der Waals surface area contributed by atoms with E-state index in [1.165, 1.54) is 29.0 Å². The van der Waals surface area contributed by atoms with E-state index in [1.54, 1.807) is 0 Å². The fraction of sp³-hybridized carbons (Fsp3) is 0.0455. The second-order valence-corrected chi connectivity index (χ2v) is 6.45. The Labute approximate surface area is 157 Å². The molecule has 1 aromatic heterocycles. The molecule has 4 aromatic rings. The highest BCUT2D eigenvalue weighted by atomic mass is 19.2. The number of halogens is 3. The minimum atomic E-state index is -1.56. The van der Waals surface area contributed by atoms with E-state index in [0.29, 0.717) is 10.9 Å². The largest absolute Gasteiger partial charge is 0.508 e. The molecule has 0 aliphatic rings. The zero-order chi connectivity index (χ0) is 19.8. The van der Waals surface area contributed by atoms with Crippen LogP contribution in [0.25, 0.3) is 21.9 Å². The molecule has 3 nitrogen and oxygen atoms in total. The van der Waals surface area contributed by atoms with E-state index in [2.05, 4.69) is 0 Å². The van der Waals surface area contributed by atoms with Crippen LogP contribution in [0.4, 0.5) is 13.2 Å². The molecule has 0 saturated heterocycles. The number of hydrogen-bond donors (Lipinski definition) is 1. The lowest BCUT2D eigenvalue weighted by Crippen LogP contribution is -2.21. The summed E-state index contributed by atoms with van der Waals surface area (Å²) in [6, 6.07) is 15.1. The molecule has 1 N–H and O–H groups in total. The Morgan fingerprint density at radius 3 is 2.21 bits per heavy atom. The SMILES string of the molecule is O=c1c2ccc(O)cc2c(-c2cc(F)c(F)c(F)c2)cn1Cc1ccccc1. The van der Waals surface area contributed by atoms with E-state index in [1.807, 2.05) is 30.3 Å². The molecule has 28 heavy (non-hydrogen) atoms. The Bertz CT molecular complexity index is 1230. The number of aromatic hydroxyl groups is 1. The van der Waals surface area contributed by atoms with Crippen LogP contribution in [0.15, 0.2) is 71.7 Å². The van der Waals surface area contributed by atoms with Gasteiger partial charge in [-0.15, -0.1) is 0 Å². The van der Waals surface area contributed by atoms with Gasteiger partial charge in [0, 0.05) is 22.5 Å². The number of phenols is 1. The molecule has 3 aromatic carbocycles. The lowest BCUT2D eigenvalue weighted by atomic mass is 9.99. The maximum atomic E-state index is 13.8. The molecule has 140 valence electrons. The molecule has 0 spiro atoms. The van der Waals surface area contributed by atoms with E-state index in [-0.39, 0.29) is 28.8 Å². The summed E-state index contributed by atoms with van der Waals surface area (Å²) < 4.78 is 42.4. The number of fused-ring (bicyclic) bond motifs is 1. The van der Waals surface area contributed by atoms with Crippen molar-refractivity contribution >= 4 is 10.8 Å². The van der Waals surface area contributed by atoms with Crippen molar-refractivity contribution in [1.82, 2.24) is 4.57 Å². The fourth-order valence-corrected chi connectivity index (χ4v) is 3.22. The molecule has 0 aliphatic heterocycles. The zero-order valence-electron chi connectivity index (χ0n) is 14.5. The third-order valence-corrected chi connectivity index (χ3v) is 4.56. The monoisotopic (exact) mass is 381 g/mol. The van der Waals surface area contributed by atoms with Crippen LogP contribution in [0.5, 0.6) is 5.75 Å². The summed E-state index contributed by atoms with van der Waals surface area (Å²) in [4.78, 5) is 12.9. The number of hydrogen-bond acceptors (Lipinski definition) is 2. The van der Waals surface area contributed by atoms with Crippen LogP contribution in [0.2, 0.25) is 0 Å². The van der Waals surface area contributed by atoms with Crippen molar-refractivity contribution in [2.75, 3.05) is 0 Å². The molecule has 6 heteroatoms. The first-order valence-corrected chi connectivity index (χ1v) is 8.49. The van der Waals surface area contributed by atoms with Crippen LogP contribution in [0, 0.1) is 17.5 Å². The van der Waals surface area contributed by atoms with E-state index >= 15 is 0 Å². The molecule has 0 bridgehead atoms. The number of benzene rings is 3. The first-order chi connectivity index (χ1) is 13.4. The molecule has 0 atom stereocenters. The third-order valence-electron chi connectivity index (χ3n) is 4.56. The standard InChI is InChI=1S/C22H14F3NO2/c23-19-8-14(9-20(24)21(19)25)18-12-26(11-13-4-2-1-3-5-13)22(28)16-7-6-15(27)10-17(16)18/h1-10,12,27H,11H2. The van der Waals surface area contributed by atoms with Gasteiger partial charge in [0.05, 0.1) is 6.54 Å². The summed E-state index contributed by atoms with van der Waals surface area (Å²) in [7, 11) is 0. The number of nitrogens with zero attached hydrogens (tertiary/aromatic N) is 1. The maximum absolute atomic E-state index is 13.8. The quantitative estimate of drug-likeness (QED) is 0.516. The highest BCUT2D eigenvalue weighted by Gasteiger charge is 2.16. The Hall–Kier alpha value is -3.54. The van der Waals surface area contributed by atoms with Gasteiger partial charge in [-0.1, -0.05) is 30.3 Å². The molecule has 0 aliphatic carbocycles. The van der Waals surface area contributed by atoms with Crippen LogP contribution in [0.3, 0.4) is 0 Å². The van der Waals surface area contributed by atoms with Crippen molar-refractivity contribution in [3.8, 4) is 16.9 Å². The third kappa shape index (κ3) is 3.13. The van der Waals surface area contributed by atoms with Gasteiger partial charge >= 0.3 is 0 Å².